The molecule has 2 rings (SSSR count). The molecule has 1 aromatic carbocycles. The third kappa shape index (κ3) is 2.47. The highest BCUT2D eigenvalue weighted by Crippen LogP contribution is 2.22. The fraction of sp³-hybridized carbons (Fsp3) is 0.154. The average Bonchev–Trinajstić information content (AvgIpc) is 2.29. The van der Waals surface area contributed by atoms with Gasteiger partial charge in [-0.1, -0.05) is 12.1 Å². The summed E-state index contributed by atoms with van der Waals surface area (Å²) in [5, 5.41) is 0. The summed E-state index contributed by atoms with van der Waals surface area (Å²) in [7, 11) is 0. The van der Waals surface area contributed by atoms with Crippen LogP contribution < -0.4 is 5.73 Å². The predicted octanol–water partition coefficient (Wildman–Crippen LogP) is 2.72. The third-order valence-electron chi connectivity index (χ3n) is 2.59. The second-order valence-corrected chi connectivity index (χ2v) is 3.88. The van der Waals surface area contributed by atoms with Crippen molar-refractivity contribution in [1.29, 1.82) is 0 Å². The second-order valence-electron chi connectivity index (χ2n) is 3.88. The lowest BCUT2D eigenvalue weighted by Gasteiger charge is -2.13. The Morgan fingerprint density at radius 1 is 1.18 bits per heavy atom. The monoisotopic (exact) mass is 234 g/mol. The van der Waals surface area contributed by atoms with Gasteiger partial charge in [-0.25, -0.2) is 8.78 Å². The Bertz CT molecular complexity index is 523. The van der Waals surface area contributed by atoms with Gasteiger partial charge in [0.25, 0.3) is 0 Å². The molecule has 4 heteroatoms. The molecule has 17 heavy (non-hydrogen) atoms. The first-order chi connectivity index (χ1) is 8.08. The van der Waals surface area contributed by atoms with E-state index in [1.54, 1.807) is 18.3 Å². The van der Waals surface area contributed by atoms with Crippen LogP contribution in [0.2, 0.25) is 0 Å². The Hall–Kier alpha value is -1.81. The van der Waals surface area contributed by atoms with Gasteiger partial charge in [0.2, 0.25) is 0 Å². The lowest BCUT2D eigenvalue weighted by molar-refractivity contribution is 0.565. The zero-order valence-corrected chi connectivity index (χ0v) is 9.32. The van der Waals surface area contributed by atoms with Gasteiger partial charge in [0.15, 0.2) is 0 Å². The number of rotatable bonds is 2. The zero-order chi connectivity index (χ0) is 12.4. The summed E-state index contributed by atoms with van der Waals surface area (Å²) in [5.41, 5.74) is 7.73. The van der Waals surface area contributed by atoms with Gasteiger partial charge in [0, 0.05) is 23.5 Å². The van der Waals surface area contributed by atoms with Gasteiger partial charge in [-0.3, -0.25) is 4.98 Å². The van der Waals surface area contributed by atoms with E-state index in [-0.39, 0.29) is 5.56 Å². The Morgan fingerprint density at radius 2 is 1.94 bits per heavy atom. The second kappa shape index (κ2) is 4.59. The van der Waals surface area contributed by atoms with Gasteiger partial charge in [0.05, 0.1) is 6.04 Å². The van der Waals surface area contributed by atoms with Crippen LogP contribution in [0.15, 0.2) is 36.5 Å². The fourth-order valence-corrected chi connectivity index (χ4v) is 1.60. The van der Waals surface area contributed by atoms with Gasteiger partial charge in [-0.05, 0) is 24.6 Å². The first-order valence-corrected chi connectivity index (χ1v) is 5.21. The number of hydrogen-bond acceptors (Lipinski definition) is 2. The minimum absolute atomic E-state index is 0.261. The lowest BCUT2D eigenvalue weighted by Crippen LogP contribution is -2.14. The smallest absolute Gasteiger partial charge is 0.131 e. The molecule has 0 spiro atoms. The fourth-order valence-electron chi connectivity index (χ4n) is 1.60. The summed E-state index contributed by atoms with van der Waals surface area (Å²) in [6, 6.07) is 6.34. The minimum atomic E-state index is -0.641. The maximum Gasteiger partial charge on any atom is 0.131 e. The number of benzene rings is 1. The summed E-state index contributed by atoms with van der Waals surface area (Å²) in [5.74, 6) is -1.25. The minimum Gasteiger partial charge on any atom is -0.320 e. The highest BCUT2D eigenvalue weighted by Gasteiger charge is 2.14. The Kier molecular flexibility index (Phi) is 3.15. The first kappa shape index (κ1) is 11.7. The Balaban J connectivity index is 2.36. The van der Waals surface area contributed by atoms with E-state index in [0.717, 1.165) is 11.8 Å². The predicted molar refractivity (Wildman–Crippen MR) is 61.4 cm³/mol. The zero-order valence-electron chi connectivity index (χ0n) is 9.32. The van der Waals surface area contributed by atoms with Crippen molar-refractivity contribution in [3.63, 3.8) is 0 Å². The van der Waals surface area contributed by atoms with Crippen LogP contribution in [0.5, 0.6) is 0 Å². The van der Waals surface area contributed by atoms with Gasteiger partial charge < -0.3 is 5.73 Å². The molecule has 0 radical (unpaired) electrons. The molecular formula is C13H12F2N2. The van der Waals surface area contributed by atoms with Crippen molar-refractivity contribution in [2.45, 2.75) is 13.0 Å². The molecule has 0 amide bonds. The maximum atomic E-state index is 13.5. The summed E-state index contributed by atoms with van der Waals surface area (Å²) in [6.45, 7) is 1.85. The van der Waals surface area contributed by atoms with Crippen molar-refractivity contribution in [2.24, 2.45) is 5.73 Å². The molecule has 88 valence electrons. The maximum absolute atomic E-state index is 13.5. The third-order valence-corrected chi connectivity index (χ3v) is 2.59. The van der Waals surface area contributed by atoms with Crippen molar-refractivity contribution < 1.29 is 8.78 Å². The van der Waals surface area contributed by atoms with Crippen LogP contribution in [0.4, 0.5) is 8.78 Å². The molecule has 0 saturated heterocycles. The van der Waals surface area contributed by atoms with Crippen molar-refractivity contribution in [3.8, 4) is 0 Å². The molecule has 2 aromatic rings. The molecular weight excluding hydrogens is 222 g/mol. The summed E-state index contributed by atoms with van der Waals surface area (Å²) in [6.07, 6.45) is 1.60. The van der Waals surface area contributed by atoms with Crippen LogP contribution in [0, 0.1) is 18.6 Å². The van der Waals surface area contributed by atoms with Crippen LogP contribution in [0.25, 0.3) is 0 Å². The molecule has 1 unspecified atom stereocenters. The number of nitrogens with two attached hydrogens (primary N) is 1. The normalized spacial score (nSPS) is 12.5. The van der Waals surface area contributed by atoms with E-state index in [2.05, 4.69) is 4.98 Å². The topological polar surface area (TPSA) is 38.9 Å². The Labute approximate surface area is 98.1 Å². The standard InChI is InChI=1S/C13H12F2N2/c1-8-2-3-9(7-17-8)13(16)11-5-4-10(14)6-12(11)15/h2-7,13H,16H2,1H3. The van der Waals surface area contributed by atoms with Crippen molar-refractivity contribution >= 4 is 0 Å². The highest BCUT2D eigenvalue weighted by molar-refractivity contribution is 5.31. The number of pyridine rings is 1. The van der Waals surface area contributed by atoms with Crippen molar-refractivity contribution in [1.82, 2.24) is 4.98 Å². The molecule has 0 aliphatic heterocycles. The van der Waals surface area contributed by atoms with E-state index in [9.17, 15) is 8.78 Å². The summed E-state index contributed by atoms with van der Waals surface area (Å²) in [4.78, 5) is 4.10. The van der Waals surface area contributed by atoms with E-state index >= 15 is 0 Å². The van der Waals surface area contributed by atoms with Gasteiger partial charge in [0.1, 0.15) is 11.6 Å². The molecule has 0 fully saturated rings. The van der Waals surface area contributed by atoms with Crippen LogP contribution in [0.3, 0.4) is 0 Å². The number of aryl methyl sites for hydroxylation is 1. The molecule has 2 nitrogen and oxygen atoms in total. The highest BCUT2D eigenvalue weighted by atomic mass is 19.1. The quantitative estimate of drug-likeness (QED) is 0.867. The molecule has 1 heterocycles. The largest absolute Gasteiger partial charge is 0.320 e. The molecule has 0 aliphatic rings. The van der Waals surface area contributed by atoms with Crippen LogP contribution in [-0.2, 0) is 0 Å². The first-order valence-electron chi connectivity index (χ1n) is 5.21. The SMILES string of the molecule is Cc1ccc(C(N)c2ccc(F)cc2F)cn1. The molecule has 1 atom stereocenters. The number of halogens is 2. The molecule has 0 saturated carbocycles. The summed E-state index contributed by atoms with van der Waals surface area (Å²) >= 11 is 0. The molecule has 0 bridgehead atoms. The Morgan fingerprint density at radius 3 is 2.53 bits per heavy atom. The molecule has 2 N–H and O–H groups in total. The van der Waals surface area contributed by atoms with E-state index in [0.29, 0.717) is 5.56 Å². The van der Waals surface area contributed by atoms with E-state index < -0.39 is 17.7 Å². The van der Waals surface area contributed by atoms with Crippen LogP contribution >= 0.6 is 0 Å². The van der Waals surface area contributed by atoms with Gasteiger partial charge in [-0.2, -0.15) is 0 Å². The lowest BCUT2D eigenvalue weighted by atomic mass is 10.0. The number of nitrogens with zero attached hydrogens (tertiary/aromatic N) is 1. The molecule has 1 aromatic heterocycles. The molecule has 0 aliphatic carbocycles. The summed E-state index contributed by atoms with van der Waals surface area (Å²) < 4.78 is 26.3. The van der Waals surface area contributed by atoms with E-state index in [4.69, 9.17) is 5.73 Å². The van der Waals surface area contributed by atoms with Gasteiger partial charge >= 0.3 is 0 Å². The average molecular weight is 234 g/mol. The van der Waals surface area contributed by atoms with E-state index in [1.165, 1.54) is 12.1 Å². The van der Waals surface area contributed by atoms with E-state index in [1.807, 2.05) is 6.92 Å². The van der Waals surface area contributed by atoms with Crippen molar-refractivity contribution in [2.75, 3.05) is 0 Å². The number of aromatic nitrogens is 1. The van der Waals surface area contributed by atoms with Crippen LogP contribution in [0.1, 0.15) is 22.9 Å². The number of hydrogen-bond donors (Lipinski definition) is 1. The van der Waals surface area contributed by atoms with Gasteiger partial charge in [-0.15, -0.1) is 0 Å². The van der Waals surface area contributed by atoms with Crippen molar-refractivity contribution in [3.05, 3.63) is 65.0 Å². The van der Waals surface area contributed by atoms with Crippen LogP contribution in [-0.4, -0.2) is 4.98 Å².